The van der Waals surface area contributed by atoms with Crippen LogP contribution in [0.3, 0.4) is 0 Å². The molecular formula is C14H31N3. The molecule has 1 aliphatic heterocycles. The fourth-order valence-electron chi connectivity index (χ4n) is 2.84. The van der Waals surface area contributed by atoms with Gasteiger partial charge in [0, 0.05) is 31.2 Å². The van der Waals surface area contributed by atoms with E-state index in [9.17, 15) is 0 Å². The summed E-state index contributed by atoms with van der Waals surface area (Å²) in [4.78, 5) is 5.12. The summed E-state index contributed by atoms with van der Waals surface area (Å²) in [5, 5.41) is 0. The zero-order valence-electron chi connectivity index (χ0n) is 12.6. The van der Waals surface area contributed by atoms with Crippen LogP contribution in [0.2, 0.25) is 0 Å². The van der Waals surface area contributed by atoms with Gasteiger partial charge >= 0.3 is 0 Å². The van der Waals surface area contributed by atoms with E-state index in [4.69, 9.17) is 5.73 Å². The van der Waals surface area contributed by atoms with Gasteiger partial charge in [-0.25, -0.2) is 0 Å². The third-order valence-electron chi connectivity index (χ3n) is 3.80. The van der Waals surface area contributed by atoms with Gasteiger partial charge in [-0.1, -0.05) is 13.8 Å². The minimum atomic E-state index is 0.245. The lowest BCUT2D eigenvalue weighted by Crippen LogP contribution is -2.48. The molecule has 17 heavy (non-hydrogen) atoms. The van der Waals surface area contributed by atoms with Crippen molar-refractivity contribution in [2.75, 3.05) is 33.2 Å². The number of hydrogen-bond donors (Lipinski definition) is 1. The van der Waals surface area contributed by atoms with E-state index >= 15 is 0 Å². The molecule has 0 bridgehead atoms. The third kappa shape index (κ3) is 4.23. The molecule has 0 aliphatic carbocycles. The van der Waals surface area contributed by atoms with Gasteiger partial charge in [-0.15, -0.1) is 0 Å². The number of nitrogens with zero attached hydrogens (tertiary/aromatic N) is 2. The summed E-state index contributed by atoms with van der Waals surface area (Å²) in [6, 6.07) is 0.598. The highest BCUT2D eigenvalue weighted by molar-refractivity contribution is 4.91. The van der Waals surface area contributed by atoms with E-state index < -0.39 is 0 Å². The van der Waals surface area contributed by atoms with Crippen molar-refractivity contribution in [2.45, 2.75) is 52.6 Å². The molecule has 0 saturated carbocycles. The van der Waals surface area contributed by atoms with Crippen molar-refractivity contribution in [3.8, 4) is 0 Å². The van der Waals surface area contributed by atoms with Crippen LogP contribution in [0.25, 0.3) is 0 Å². The topological polar surface area (TPSA) is 32.5 Å². The Balaban J connectivity index is 2.86. The molecular weight excluding hydrogens is 210 g/mol. The van der Waals surface area contributed by atoms with Crippen molar-refractivity contribution in [1.82, 2.24) is 9.80 Å². The van der Waals surface area contributed by atoms with E-state index in [1.165, 1.54) is 6.54 Å². The molecule has 0 spiro atoms. The van der Waals surface area contributed by atoms with Crippen LogP contribution in [-0.2, 0) is 0 Å². The van der Waals surface area contributed by atoms with Gasteiger partial charge in [0.2, 0.25) is 0 Å². The molecule has 1 aliphatic rings. The van der Waals surface area contributed by atoms with E-state index in [1.807, 2.05) is 0 Å². The van der Waals surface area contributed by atoms with Gasteiger partial charge < -0.3 is 10.6 Å². The Kier molecular flexibility index (Phi) is 4.61. The van der Waals surface area contributed by atoms with Crippen LogP contribution in [0.1, 0.15) is 41.0 Å². The first kappa shape index (κ1) is 14.9. The Hall–Kier alpha value is -0.120. The van der Waals surface area contributed by atoms with Crippen molar-refractivity contribution in [3.05, 3.63) is 0 Å². The van der Waals surface area contributed by atoms with Crippen molar-refractivity contribution in [3.63, 3.8) is 0 Å². The van der Waals surface area contributed by atoms with Crippen LogP contribution in [0.4, 0.5) is 0 Å². The summed E-state index contributed by atoms with van der Waals surface area (Å²) in [5.41, 5.74) is 6.35. The zero-order valence-corrected chi connectivity index (χ0v) is 12.6. The second-order valence-electron chi connectivity index (χ2n) is 7.36. The lowest BCUT2D eigenvalue weighted by molar-refractivity contribution is 0.0964. The predicted molar refractivity (Wildman–Crippen MR) is 75.2 cm³/mol. The maximum atomic E-state index is 5.75. The second kappa shape index (κ2) is 5.25. The Morgan fingerprint density at radius 3 is 2.29 bits per heavy atom. The van der Waals surface area contributed by atoms with E-state index in [-0.39, 0.29) is 5.54 Å². The largest absolute Gasteiger partial charge is 0.330 e. The molecule has 1 rings (SSSR count). The maximum absolute atomic E-state index is 5.75. The molecule has 1 atom stereocenters. The van der Waals surface area contributed by atoms with E-state index in [0.29, 0.717) is 11.5 Å². The van der Waals surface area contributed by atoms with Crippen LogP contribution in [0, 0.1) is 5.41 Å². The summed E-state index contributed by atoms with van der Waals surface area (Å²) >= 11 is 0. The zero-order chi connectivity index (χ0) is 13.3. The molecule has 1 fully saturated rings. The molecule has 0 aromatic heterocycles. The van der Waals surface area contributed by atoms with Crippen molar-refractivity contribution >= 4 is 0 Å². The smallest absolute Gasteiger partial charge is 0.0232 e. The summed E-state index contributed by atoms with van der Waals surface area (Å²) in [6.45, 7) is 15.9. The molecule has 0 amide bonds. The molecule has 0 aromatic carbocycles. The molecule has 102 valence electrons. The summed E-state index contributed by atoms with van der Waals surface area (Å²) in [7, 11) is 2.24. The Bertz CT molecular complexity index is 242. The van der Waals surface area contributed by atoms with Crippen molar-refractivity contribution in [2.24, 2.45) is 11.1 Å². The monoisotopic (exact) mass is 241 g/mol. The third-order valence-corrected chi connectivity index (χ3v) is 3.80. The van der Waals surface area contributed by atoms with Crippen molar-refractivity contribution < 1.29 is 0 Å². The summed E-state index contributed by atoms with van der Waals surface area (Å²) in [5.74, 6) is 0. The van der Waals surface area contributed by atoms with Crippen LogP contribution < -0.4 is 5.73 Å². The first-order valence-electron chi connectivity index (χ1n) is 6.81. The highest BCUT2D eigenvalue weighted by Gasteiger charge is 2.35. The SMILES string of the molecule is CN1CC(C)(C)CN(C(C)(C)C)CC1CCN. The average Bonchev–Trinajstić information content (AvgIpc) is 2.22. The average molecular weight is 241 g/mol. The minimum Gasteiger partial charge on any atom is -0.330 e. The van der Waals surface area contributed by atoms with E-state index in [1.54, 1.807) is 0 Å². The predicted octanol–water partition coefficient (Wildman–Crippen LogP) is 1.78. The first-order chi connectivity index (χ1) is 7.65. The highest BCUT2D eigenvalue weighted by Crippen LogP contribution is 2.28. The fraction of sp³-hybridized carbons (Fsp3) is 1.00. The number of hydrogen-bond acceptors (Lipinski definition) is 3. The molecule has 1 unspecified atom stereocenters. The van der Waals surface area contributed by atoms with Crippen LogP contribution in [-0.4, -0.2) is 54.6 Å². The molecule has 3 nitrogen and oxygen atoms in total. The molecule has 0 aromatic rings. The summed E-state index contributed by atoms with van der Waals surface area (Å²) in [6.07, 6.45) is 1.10. The van der Waals surface area contributed by atoms with Gasteiger partial charge in [-0.2, -0.15) is 0 Å². The normalized spacial score (nSPS) is 28.1. The quantitative estimate of drug-likeness (QED) is 0.800. The lowest BCUT2D eigenvalue weighted by atomic mass is 9.91. The van der Waals surface area contributed by atoms with Gasteiger partial charge in [-0.05, 0) is 46.2 Å². The van der Waals surface area contributed by atoms with Gasteiger partial charge in [0.15, 0.2) is 0 Å². The van der Waals surface area contributed by atoms with Crippen LogP contribution in [0.5, 0.6) is 0 Å². The molecule has 0 radical (unpaired) electrons. The van der Waals surface area contributed by atoms with Gasteiger partial charge in [0.1, 0.15) is 0 Å². The van der Waals surface area contributed by atoms with Gasteiger partial charge in [0.05, 0.1) is 0 Å². The van der Waals surface area contributed by atoms with Crippen LogP contribution in [0.15, 0.2) is 0 Å². The molecule has 1 heterocycles. The Labute approximate surface area is 107 Å². The van der Waals surface area contributed by atoms with Crippen LogP contribution >= 0.6 is 0 Å². The number of rotatable bonds is 2. The fourth-order valence-corrected chi connectivity index (χ4v) is 2.84. The van der Waals surface area contributed by atoms with E-state index in [2.05, 4.69) is 51.5 Å². The molecule has 2 N–H and O–H groups in total. The minimum absolute atomic E-state index is 0.245. The number of nitrogens with two attached hydrogens (primary N) is 1. The second-order valence-corrected chi connectivity index (χ2v) is 7.36. The highest BCUT2D eigenvalue weighted by atomic mass is 15.3. The first-order valence-corrected chi connectivity index (χ1v) is 6.81. The molecule has 1 saturated heterocycles. The lowest BCUT2D eigenvalue weighted by Gasteiger charge is -2.39. The summed E-state index contributed by atoms with van der Waals surface area (Å²) < 4.78 is 0. The van der Waals surface area contributed by atoms with Crippen molar-refractivity contribution in [1.29, 1.82) is 0 Å². The van der Waals surface area contributed by atoms with Gasteiger partial charge in [0.25, 0.3) is 0 Å². The van der Waals surface area contributed by atoms with E-state index in [0.717, 1.165) is 26.1 Å². The Morgan fingerprint density at radius 2 is 1.82 bits per heavy atom. The standard InChI is InChI=1S/C14H31N3/c1-13(2,3)17-9-12(7-8-15)16(6)10-14(4,5)11-17/h12H,7-11,15H2,1-6H3. The number of likely N-dealkylation sites (N-methyl/N-ethyl adjacent to an activating group) is 1. The Morgan fingerprint density at radius 1 is 1.24 bits per heavy atom. The molecule has 3 heteroatoms. The van der Waals surface area contributed by atoms with Gasteiger partial charge in [-0.3, -0.25) is 4.90 Å². The maximum Gasteiger partial charge on any atom is 0.0232 e.